The van der Waals surface area contributed by atoms with Gasteiger partial charge in [0.25, 0.3) is 5.91 Å². The largest absolute Gasteiger partial charge is 0.508 e. The van der Waals surface area contributed by atoms with Gasteiger partial charge in [0.1, 0.15) is 17.3 Å². The van der Waals surface area contributed by atoms with Gasteiger partial charge < -0.3 is 5.11 Å². The first kappa shape index (κ1) is 18.5. The maximum absolute atomic E-state index is 13.2. The van der Waals surface area contributed by atoms with Gasteiger partial charge >= 0.3 is 0 Å². The predicted octanol–water partition coefficient (Wildman–Crippen LogP) is 5.64. The number of nitrogens with zero attached hydrogens (tertiary/aromatic N) is 2. The van der Waals surface area contributed by atoms with Crippen molar-refractivity contribution >= 4 is 51.0 Å². The molecule has 0 unspecified atom stereocenters. The van der Waals surface area contributed by atoms with E-state index in [0.29, 0.717) is 22.2 Å². The van der Waals surface area contributed by atoms with E-state index in [0.717, 1.165) is 15.6 Å². The number of benzene rings is 3. The predicted molar refractivity (Wildman–Crippen MR) is 116 cm³/mol. The fraction of sp³-hybridized carbons (Fsp3) is 0. The minimum Gasteiger partial charge on any atom is -0.508 e. The molecule has 28 heavy (non-hydrogen) atoms. The van der Waals surface area contributed by atoms with Crippen molar-refractivity contribution in [2.75, 3.05) is 4.90 Å². The van der Waals surface area contributed by atoms with E-state index >= 15 is 0 Å². The third kappa shape index (κ3) is 3.59. The summed E-state index contributed by atoms with van der Waals surface area (Å²) in [5, 5.41) is 10.2. The summed E-state index contributed by atoms with van der Waals surface area (Å²) in [6, 6.07) is 21.3. The quantitative estimate of drug-likeness (QED) is 0.522. The standard InChI is InChI=1S/C22H14BrClN2O2/c23-19-4-2-1-3-18(19)21-25-20(13-14-5-7-15(24)8-6-14)22(28)26(21)16-9-11-17(27)12-10-16/h1-13,27H/b20-13+. The first-order valence-electron chi connectivity index (χ1n) is 8.47. The van der Waals surface area contributed by atoms with E-state index in [9.17, 15) is 9.90 Å². The molecule has 1 aliphatic heterocycles. The molecule has 138 valence electrons. The zero-order chi connectivity index (χ0) is 19.7. The van der Waals surface area contributed by atoms with Crippen LogP contribution < -0.4 is 4.90 Å². The summed E-state index contributed by atoms with van der Waals surface area (Å²) < 4.78 is 0.832. The van der Waals surface area contributed by atoms with E-state index in [1.54, 1.807) is 47.4 Å². The van der Waals surface area contributed by atoms with Gasteiger partial charge in [0.05, 0.1) is 5.69 Å². The molecule has 0 atom stereocenters. The summed E-state index contributed by atoms with van der Waals surface area (Å²) in [6.07, 6.45) is 1.73. The van der Waals surface area contributed by atoms with Crippen molar-refractivity contribution in [2.45, 2.75) is 0 Å². The number of phenolic OH excluding ortho intramolecular Hbond substituents is 1. The van der Waals surface area contributed by atoms with Crippen LogP contribution in [0.4, 0.5) is 5.69 Å². The lowest BCUT2D eigenvalue weighted by Crippen LogP contribution is -2.32. The van der Waals surface area contributed by atoms with Gasteiger partial charge in [-0.25, -0.2) is 4.99 Å². The van der Waals surface area contributed by atoms with Crippen LogP contribution in [-0.4, -0.2) is 16.8 Å². The molecule has 3 aromatic carbocycles. The Bertz CT molecular complexity index is 1110. The number of hydrogen-bond donors (Lipinski definition) is 1. The van der Waals surface area contributed by atoms with Gasteiger partial charge in [0.15, 0.2) is 0 Å². The number of carbonyl (C=O) groups excluding carboxylic acids is 1. The molecular formula is C22H14BrClN2O2. The Morgan fingerprint density at radius 3 is 2.32 bits per heavy atom. The molecule has 3 aromatic rings. The second-order valence-electron chi connectivity index (χ2n) is 6.15. The summed E-state index contributed by atoms with van der Waals surface area (Å²) in [5.74, 6) is 0.404. The molecule has 0 aliphatic carbocycles. The molecule has 0 fully saturated rings. The number of amides is 1. The second kappa shape index (κ2) is 7.62. The van der Waals surface area contributed by atoms with E-state index in [-0.39, 0.29) is 11.7 Å². The van der Waals surface area contributed by atoms with Crippen LogP contribution in [0.25, 0.3) is 6.08 Å². The summed E-state index contributed by atoms with van der Waals surface area (Å²) >= 11 is 9.48. The molecule has 1 heterocycles. The molecule has 4 rings (SSSR count). The zero-order valence-corrected chi connectivity index (χ0v) is 16.9. The number of carbonyl (C=O) groups is 1. The Kier molecular flexibility index (Phi) is 5.03. The van der Waals surface area contributed by atoms with Crippen LogP contribution in [0.2, 0.25) is 5.02 Å². The fourth-order valence-electron chi connectivity index (χ4n) is 2.90. The highest BCUT2D eigenvalue weighted by atomic mass is 79.9. The summed E-state index contributed by atoms with van der Waals surface area (Å²) in [4.78, 5) is 19.4. The zero-order valence-electron chi connectivity index (χ0n) is 14.5. The molecule has 1 aliphatic rings. The number of hydrogen-bond acceptors (Lipinski definition) is 3. The number of amidine groups is 1. The van der Waals surface area contributed by atoms with Crippen LogP contribution in [0.15, 0.2) is 88.0 Å². The number of rotatable bonds is 3. The van der Waals surface area contributed by atoms with Gasteiger partial charge in [-0.1, -0.05) is 57.9 Å². The molecule has 0 radical (unpaired) electrons. The van der Waals surface area contributed by atoms with E-state index in [1.165, 1.54) is 0 Å². The van der Waals surface area contributed by atoms with E-state index in [2.05, 4.69) is 20.9 Å². The van der Waals surface area contributed by atoms with Gasteiger partial charge in [0, 0.05) is 15.1 Å². The van der Waals surface area contributed by atoms with Crippen molar-refractivity contribution in [1.82, 2.24) is 0 Å². The van der Waals surface area contributed by atoms with Crippen molar-refractivity contribution in [3.05, 3.63) is 99.1 Å². The van der Waals surface area contributed by atoms with Crippen molar-refractivity contribution in [1.29, 1.82) is 0 Å². The third-order valence-electron chi connectivity index (χ3n) is 4.26. The molecule has 0 aromatic heterocycles. The SMILES string of the molecule is O=C1/C(=C\c2ccc(Cl)cc2)N=C(c2ccccc2Br)N1c1ccc(O)cc1. The lowest BCUT2D eigenvalue weighted by atomic mass is 10.1. The molecular weight excluding hydrogens is 440 g/mol. The lowest BCUT2D eigenvalue weighted by molar-refractivity contribution is -0.113. The Morgan fingerprint density at radius 1 is 0.964 bits per heavy atom. The van der Waals surface area contributed by atoms with Crippen molar-refractivity contribution in [3.8, 4) is 5.75 Å². The Hall–Kier alpha value is -2.89. The number of halogens is 2. The Balaban J connectivity index is 1.84. The van der Waals surface area contributed by atoms with E-state index in [4.69, 9.17) is 11.6 Å². The number of phenols is 1. The van der Waals surface area contributed by atoms with Crippen molar-refractivity contribution in [2.24, 2.45) is 4.99 Å². The number of aromatic hydroxyl groups is 1. The number of anilines is 1. The first-order chi connectivity index (χ1) is 13.5. The van der Waals surface area contributed by atoms with E-state index < -0.39 is 0 Å². The van der Waals surface area contributed by atoms with Crippen LogP contribution >= 0.6 is 27.5 Å². The molecule has 1 N–H and O–H groups in total. The average molecular weight is 454 g/mol. The first-order valence-corrected chi connectivity index (χ1v) is 9.64. The third-order valence-corrected chi connectivity index (χ3v) is 5.20. The van der Waals surface area contributed by atoms with Gasteiger partial charge in [-0.05, 0) is 54.1 Å². The van der Waals surface area contributed by atoms with Crippen LogP contribution in [0.5, 0.6) is 5.75 Å². The molecule has 0 saturated heterocycles. The maximum Gasteiger partial charge on any atom is 0.282 e. The highest BCUT2D eigenvalue weighted by Gasteiger charge is 2.33. The molecule has 0 saturated carbocycles. The van der Waals surface area contributed by atoms with Gasteiger partial charge in [-0.2, -0.15) is 0 Å². The smallest absolute Gasteiger partial charge is 0.282 e. The monoisotopic (exact) mass is 452 g/mol. The molecule has 0 bridgehead atoms. The fourth-order valence-corrected chi connectivity index (χ4v) is 3.49. The van der Waals surface area contributed by atoms with Gasteiger partial charge in [-0.3, -0.25) is 9.69 Å². The highest BCUT2D eigenvalue weighted by molar-refractivity contribution is 9.10. The topological polar surface area (TPSA) is 52.9 Å². The minimum absolute atomic E-state index is 0.131. The molecule has 4 nitrogen and oxygen atoms in total. The summed E-state index contributed by atoms with van der Waals surface area (Å²) in [5.41, 5.74) is 2.57. The molecule has 6 heteroatoms. The van der Waals surface area contributed by atoms with Crippen LogP contribution in [-0.2, 0) is 4.79 Å². The van der Waals surface area contributed by atoms with Gasteiger partial charge in [-0.15, -0.1) is 0 Å². The summed E-state index contributed by atoms with van der Waals surface area (Å²) in [7, 11) is 0. The minimum atomic E-state index is -0.244. The Labute approximate surface area is 175 Å². The van der Waals surface area contributed by atoms with Crippen LogP contribution in [0, 0.1) is 0 Å². The van der Waals surface area contributed by atoms with Crippen LogP contribution in [0.3, 0.4) is 0 Å². The van der Waals surface area contributed by atoms with Crippen LogP contribution in [0.1, 0.15) is 11.1 Å². The van der Waals surface area contributed by atoms with Crippen molar-refractivity contribution in [3.63, 3.8) is 0 Å². The van der Waals surface area contributed by atoms with Crippen molar-refractivity contribution < 1.29 is 9.90 Å². The average Bonchev–Trinajstić information content (AvgIpc) is 3.01. The highest BCUT2D eigenvalue weighted by Crippen LogP contribution is 2.31. The molecule has 1 amide bonds. The van der Waals surface area contributed by atoms with E-state index in [1.807, 2.05) is 36.4 Å². The van der Waals surface area contributed by atoms with Gasteiger partial charge in [0.2, 0.25) is 0 Å². The number of aliphatic imine (C=N–C) groups is 1. The second-order valence-corrected chi connectivity index (χ2v) is 7.44. The summed E-state index contributed by atoms with van der Waals surface area (Å²) in [6.45, 7) is 0. The normalized spacial score (nSPS) is 15.2. The Morgan fingerprint density at radius 2 is 1.64 bits per heavy atom. The molecule has 0 spiro atoms. The lowest BCUT2D eigenvalue weighted by Gasteiger charge is -2.19. The maximum atomic E-state index is 13.2.